The molecule has 0 aromatic heterocycles. The van der Waals surface area contributed by atoms with Gasteiger partial charge in [-0.2, -0.15) is 0 Å². The zero-order valence-corrected chi connectivity index (χ0v) is 9.73. The third kappa shape index (κ3) is 3.79. The largest absolute Gasteiger partial charge is 0.508 e. The van der Waals surface area contributed by atoms with Crippen molar-refractivity contribution < 1.29 is 24.2 Å². The van der Waals surface area contributed by atoms with E-state index in [1.807, 2.05) is 0 Å². The van der Waals surface area contributed by atoms with E-state index in [0.29, 0.717) is 11.1 Å². The van der Waals surface area contributed by atoms with Gasteiger partial charge in [0, 0.05) is 0 Å². The summed E-state index contributed by atoms with van der Waals surface area (Å²) >= 11 is 0. The summed E-state index contributed by atoms with van der Waals surface area (Å²) < 4.78 is 9.10. The van der Waals surface area contributed by atoms with Crippen LogP contribution in [0.5, 0.6) is 5.75 Å². The molecule has 0 aliphatic rings. The number of hydrogen-bond acceptors (Lipinski definition) is 5. The van der Waals surface area contributed by atoms with Gasteiger partial charge < -0.3 is 14.6 Å². The average molecular weight is 238 g/mol. The topological polar surface area (TPSA) is 72.8 Å². The SMILES string of the molecule is COC(=O)Cc1ccc(O)cc1CC(=O)OC. The van der Waals surface area contributed by atoms with Crippen LogP contribution in [0.1, 0.15) is 11.1 Å². The molecule has 0 aliphatic carbocycles. The zero-order chi connectivity index (χ0) is 12.8. The van der Waals surface area contributed by atoms with Gasteiger partial charge in [0.15, 0.2) is 0 Å². The predicted molar refractivity (Wildman–Crippen MR) is 59.5 cm³/mol. The number of ether oxygens (including phenoxy) is 2. The van der Waals surface area contributed by atoms with Crippen molar-refractivity contribution in [2.45, 2.75) is 12.8 Å². The molecule has 0 heterocycles. The lowest BCUT2D eigenvalue weighted by Gasteiger charge is -2.08. The van der Waals surface area contributed by atoms with E-state index in [2.05, 4.69) is 9.47 Å². The van der Waals surface area contributed by atoms with Gasteiger partial charge in [-0.3, -0.25) is 9.59 Å². The normalized spacial score (nSPS) is 9.76. The minimum Gasteiger partial charge on any atom is -0.508 e. The Morgan fingerprint density at radius 2 is 1.59 bits per heavy atom. The highest BCUT2D eigenvalue weighted by Gasteiger charge is 2.12. The molecule has 1 rings (SSSR count). The summed E-state index contributed by atoms with van der Waals surface area (Å²) in [4.78, 5) is 22.4. The molecule has 0 spiro atoms. The van der Waals surface area contributed by atoms with Gasteiger partial charge in [0.05, 0.1) is 27.1 Å². The molecule has 0 saturated carbocycles. The molecular formula is C12H14O5. The van der Waals surface area contributed by atoms with Crippen molar-refractivity contribution in [2.24, 2.45) is 0 Å². The van der Waals surface area contributed by atoms with Crippen LogP contribution in [0, 0.1) is 0 Å². The number of benzene rings is 1. The van der Waals surface area contributed by atoms with Gasteiger partial charge in [0.25, 0.3) is 0 Å². The number of methoxy groups -OCH3 is 2. The van der Waals surface area contributed by atoms with Gasteiger partial charge in [0.2, 0.25) is 0 Å². The predicted octanol–water partition coefficient (Wildman–Crippen LogP) is 0.823. The zero-order valence-electron chi connectivity index (χ0n) is 9.73. The van der Waals surface area contributed by atoms with Gasteiger partial charge in [-0.25, -0.2) is 0 Å². The molecule has 0 saturated heterocycles. The van der Waals surface area contributed by atoms with Crippen LogP contribution in [0.15, 0.2) is 18.2 Å². The summed E-state index contributed by atoms with van der Waals surface area (Å²) in [7, 11) is 2.58. The molecule has 0 amide bonds. The number of carbonyl (C=O) groups is 2. The minimum atomic E-state index is -0.429. The number of aromatic hydroxyl groups is 1. The van der Waals surface area contributed by atoms with Crippen LogP contribution in [0.25, 0.3) is 0 Å². The van der Waals surface area contributed by atoms with Crippen LogP contribution in [-0.2, 0) is 31.9 Å². The summed E-state index contributed by atoms with van der Waals surface area (Å²) in [6.45, 7) is 0. The van der Waals surface area contributed by atoms with Gasteiger partial charge in [-0.15, -0.1) is 0 Å². The van der Waals surface area contributed by atoms with Crippen LogP contribution in [-0.4, -0.2) is 31.3 Å². The highest BCUT2D eigenvalue weighted by molar-refractivity contribution is 5.76. The molecule has 0 bridgehead atoms. The van der Waals surface area contributed by atoms with E-state index in [1.165, 1.54) is 26.4 Å². The number of carbonyl (C=O) groups excluding carboxylic acids is 2. The average Bonchev–Trinajstić information content (AvgIpc) is 2.32. The van der Waals surface area contributed by atoms with E-state index in [1.54, 1.807) is 6.07 Å². The number of rotatable bonds is 4. The molecule has 0 fully saturated rings. The number of phenols is 1. The maximum absolute atomic E-state index is 11.2. The van der Waals surface area contributed by atoms with Crippen molar-refractivity contribution in [3.63, 3.8) is 0 Å². The van der Waals surface area contributed by atoms with Crippen LogP contribution >= 0.6 is 0 Å². The maximum Gasteiger partial charge on any atom is 0.309 e. The molecule has 0 radical (unpaired) electrons. The van der Waals surface area contributed by atoms with Crippen molar-refractivity contribution in [1.82, 2.24) is 0 Å². The summed E-state index contributed by atoms with van der Waals surface area (Å²) in [5.74, 6) is -0.791. The van der Waals surface area contributed by atoms with E-state index >= 15 is 0 Å². The lowest BCUT2D eigenvalue weighted by atomic mass is 10.0. The number of phenolic OH excluding ortho intramolecular Hbond substituents is 1. The van der Waals surface area contributed by atoms with E-state index in [4.69, 9.17) is 0 Å². The fourth-order valence-electron chi connectivity index (χ4n) is 1.40. The van der Waals surface area contributed by atoms with Crippen molar-refractivity contribution in [3.05, 3.63) is 29.3 Å². The van der Waals surface area contributed by atoms with Crippen LogP contribution < -0.4 is 0 Å². The fraction of sp³-hybridized carbons (Fsp3) is 0.333. The maximum atomic E-state index is 11.2. The first kappa shape index (κ1) is 13.0. The van der Waals surface area contributed by atoms with E-state index in [9.17, 15) is 14.7 Å². The lowest BCUT2D eigenvalue weighted by molar-refractivity contribution is -0.141. The Balaban J connectivity index is 2.95. The first-order valence-corrected chi connectivity index (χ1v) is 5.01. The molecule has 17 heavy (non-hydrogen) atoms. The first-order chi connectivity index (χ1) is 8.06. The quantitative estimate of drug-likeness (QED) is 0.786. The second kappa shape index (κ2) is 5.89. The molecule has 5 nitrogen and oxygen atoms in total. The number of esters is 2. The number of hydrogen-bond donors (Lipinski definition) is 1. The Morgan fingerprint density at radius 1 is 1.06 bits per heavy atom. The molecule has 92 valence electrons. The van der Waals surface area contributed by atoms with Crippen molar-refractivity contribution in [2.75, 3.05) is 14.2 Å². The second-order valence-corrected chi connectivity index (χ2v) is 3.46. The summed E-state index contributed by atoms with van der Waals surface area (Å²) in [6, 6.07) is 4.48. The Labute approximate surface area is 99.0 Å². The Morgan fingerprint density at radius 3 is 2.12 bits per heavy atom. The van der Waals surface area contributed by atoms with Crippen molar-refractivity contribution in [3.8, 4) is 5.75 Å². The third-order valence-corrected chi connectivity index (χ3v) is 2.31. The Kier molecular flexibility index (Phi) is 4.51. The van der Waals surface area contributed by atoms with Crippen molar-refractivity contribution in [1.29, 1.82) is 0 Å². The molecule has 0 aliphatic heterocycles. The van der Waals surface area contributed by atoms with Gasteiger partial charge in [-0.1, -0.05) is 6.07 Å². The van der Waals surface area contributed by atoms with E-state index in [-0.39, 0.29) is 18.6 Å². The summed E-state index contributed by atoms with van der Waals surface area (Å²) in [5, 5.41) is 9.35. The highest BCUT2D eigenvalue weighted by atomic mass is 16.5. The molecule has 1 N–H and O–H groups in total. The Hall–Kier alpha value is -2.04. The molecule has 1 aromatic carbocycles. The fourth-order valence-corrected chi connectivity index (χ4v) is 1.40. The molecule has 0 unspecified atom stereocenters. The summed E-state index contributed by atoms with van der Waals surface area (Å²) in [6.07, 6.45) is 0.0698. The Bertz CT molecular complexity index is 425. The highest BCUT2D eigenvalue weighted by Crippen LogP contribution is 2.18. The van der Waals surface area contributed by atoms with Crippen LogP contribution in [0.4, 0.5) is 0 Å². The third-order valence-electron chi connectivity index (χ3n) is 2.31. The van der Waals surface area contributed by atoms with E-state index in [0.717, 1.165) is 0 Å². The standard InChI is InChI=1S/C12H14O5/c1-16-11(14)6-8-3-4-10(13)5-9(8)7-12(15)17-2/h3-5,13H,6-7H2,1-2H3. The smallest absolute Gasteiger partial charge is 0.309 e. The van der Waals surface area contributed by atoms with Gasteiger partial charge in [0.1, 0.15) is 5.75 Å². The monoisotopic (exact) mass is 238 g/mol. The molecule has 0 atom stereocenters. The van der Waals surface area contributed by atoms with Crippen molar-refractivity contribution >= 4 is 11.9 Å². The summed E-state index contributed by atoms with van der Waals surface area (Å²) in [5.41, 5.74) is 1.20. The molecular weight excluding hydrogens is 224 g/mol. The molecule has 1 aromatic rings. The lowest BCUT2D eigenvalue weighted by Crippen LogP contribution is -2.10. The second-order valence-electron chi connectivity index (χ2n) is 3.46. The van der Waals surface area contributed by atoms with E-state index < -0.39 is 11.9 Å². The van der Waals surface area contributed by atoms with Gasteiger partial charge >= 0.3 is 11.9 Å². The van der Waals surface area contributed by atoms with Gasteiger partial charge in [-0.05, 0) is 23.3 Å². The first-order valence-electron chi connectivity index (χ1n) is 5.01. The minimum absolute atomic E-state index is 0.0111. The molecule has 5 heteroatoms. The van der Waals surface area contributed by atoms with Crippen LogP contribution in [0.3, 0.4) is 0 Å². The van der Waals surface area contributed by atoms with Crippen LogP contribution in [0.2, 0.25) is 0 Å².